The molecule has 0 amide bonds. The monoisotopic (exact) mass is 986 g/mol. The second-order valence-corrected chi connectivity index (χ2v) is 22.2. The van der Waals surface area contributed by atoms with Gasteiger partial charge < -0.3 is 26.4 Å². The number of rotatable bonds is 1. The van der Waals surface area contributed by atoms with E-state index in [0.717, 1.165) is 60.5 Å². The van der Waals surface area contributed by atoms with Crippen LogP contribution >= 0.6 is 0 Å². The third-order valence-electron chi connectivity index (χ3n) is 18.8. The van der Waals surface area contributed by atoms with E-state index in [1.165, 1.54) is 147 Å². The number of hydrogen-bond donors (Lipinski definition) is 0. The van der Waals surface area contributed by atoms with Crippen molar-refractivity contribution in [3.63, 3.8) is 0 Å². The molecule has 0 N–H and O–H groups in total. The van der Waals surface area contributed by atoms with Gasteiger partial charge in [0.05, 0.1) is 66.2 Å². The summed E-state index contributed by atoms with van der Waals surface area (Å²) in [6, 6.07) is 76.9. The van der Waals surface area contributed by atoms with E-state index < -0.39 is 0 Å². The van der Waals surface area contributed by atoms with Gasteiger partial charge in [-0.1, -0.05) is 133 Å². The summed E-state index contributed by atoms with van der Waals surface area (Å²) in [7, 11) is 0. The van der Waals surface area contributed by atoms with Crippen LogP contribution in [0.5, 0.6) is 0 Å². The van der Waals surface area contributed by atoms with Crippen LogP contribution in [0, 0.1) is 0 Å². The van der Waals surface area contributed by atoms with Crippen molar-refractivity contribution in [2.45, 2.75) is 0 Å². The van der Waals surface area contributed by atoms with Crippen molar-refractivity contribution >= 4 is 196 Å². The number of hydrogen-bond acceptors (Lipinski definition) is 2. The van der Waals surface area contributed by atoms with Crippen molar-refractivity contribution in [2.75, 3.05) is 0 Å². The van der Waals surface area contributed by atoms with Gasteiger partial charge in [0.15, 0.2) is 11.2 Å². The summed E-state index contributed by atoms with van der Waals surface area (Å²) in [5, 5.41) is 24.8. The Labute approximate surface area is 437 Å². The van der Waals surface area contributed by atoms with Crippen LogP contribution in [-0.2, 0) is 0 Å². The topological polar surface area (TPSA) is 43.9 Å². The molecule has 0 bridgehead atoms. The molecule has 10 heterocycles. The Kier molecular flexibility index (Phi) is 6.05. The fraction of sp³-hybridized carbons (Fsp3) is 0. The zero-order valence-electron chi connectivity index (χ0n) is 41.2. The molecule has 0 spiro atoms. The third kappa shape index (κ3) is 3.98. The van der Waals surface area contributed by atoms with Crippen molar-refractivity contribution in [1.82, 2.24) is 17.6 Å². The lowest BCUT2D eigenvalue weighted by Crippen LogP contribution is -1.83. The summed E-state index contributed by atoms with van der Waals surface area (Å²) in [5.41, 5.74) is 20.7. The Hall–Kier alpha value is -10.6. The zero-order chi connectivity index (χ0) is 49.7. The molecule has 354 valence electrons. The molecular weight excluding hydrogens is 953 g/mol. The summed E-state index contributed by atoms with van der Waals surface area (Å²) < 4.78 is 23.9. The van der Waals surface area contributed by atoms with Crippen LogP contribution in [0.4, 0.5) is 0 Å². The molecule has 6 nitrogen and oxygen atoms in total. The summed E-state index contributed by atoms with van der Waals surface area (Å²) >= 11 is 0. The van der Waals surface area contributed by atoms with Crippen molar-refractivity contribution in [3.8, 4) is 11.1 Å². The smallest absolute Gasteiger partial charge is 0.160 e. The fourth-order valence-corrected chi connectivity index (χ4v) is 15.9. The average molecular weight is 987 g/mol. The van der Waals surface area contributed by atoms with Crippen LogP contribution in [0.15, 0.2) is 215 Å². The summed E-state index contributed by atoms with van der Waals surface area (Å²) in [6.45, 7) is 0. The minimum atomic E-state index is 0.889. The highest BCUT2D eigenvalue weighted by Gasteiger charge is 2.30. The number of benzene rings is 12. The van der Waals surface area contributed by atoms with Gasteiger partial charge in [0.2, 0.25) is 0 Å². The number of nitrogens with zero attached hydrogens (tertiary/aromatic N) is 4. The van der Waals surface area contributed by atoms with E-state index in [2.05, 4.69) is 224 Å². The highest BCUT2D eigenvalue weighted by molar-refractivity contribution is 6.41. The summed E-state index contributed by atoms with van der Waals surface area (Å²) in [6.07, 6.45) is 0. The lowest BCUT2D eigenvalue weighted by atomic mass is 9.98. The van der Waals surface area contributed by atoms with Crippen LogP contribution in [0.1, 0.15) is 0 Å². The molecule has 12 aromatic carbocycles. The van der Waals surface area contributed by atoms with E-state index >= 15 is 0 Å². The van der Waals surface area contributed by atoms with Gasteiger partial charge >= 0.3 is 0 Å². The highest BCUT2D eigenvalue weighted by atomic mass is 16.3. The fourth-order valence-electron chi connectivity index (χ4n) is 15.9. The first kappa shape index (κ1) is 38.1. The normalized spacial score (nSPS) is 13.4. The molecule has 6 heteroatoms. The van der Waals surface area contributed by atoms with Crippen molar-refractivity contribution in [1.29, 1.82) is 0 Å². The van der Waals surface area contributed by atoms with E-state index in [1.807, 2.05) is 0 Å². The molecule has 10 aromatic heterocycles. The molecule has 0 atom stereocenters. The third-order valence-corrected chi connectivity index (χ3v) is 18.8. The molecule has 22 rings (SSSR count). The molecular formula is C72H34N4O2. The van der Waals surface area contributed by atoms with Crippen LogP contribution in [-0.4, -0.2) is 17.6 Å². The maximum atomic E-state index is 7.13. The van der Waals surface area contributed by atoms with Gasteiger partial charge in [-0.05, 0) is 83.9 Å². The first-order valence-corrected chi connectivity index (χ1v) is 27.0. The Balaban J connectivity index is 0.782. The van der Waals surface area contributed by atoms with Gasteiger partial charge in [-0.2, -0.15) is 0 Å². The van der Waals surface area contributed by atoms with Crippen LogP contribution < -0.4 is 0 Å². The predicted octanol–water partition coefficient (Wildman–Crippen LogP) is 19.8. The zero-order valence-corrected chi connectivity index (χ0v) is 41.2. The van der Waals surface area contributed by atoms with Gasteiger partial charge in [0, 0.05) is 108 Å². The van der Waals surface area contributed by atoms with Gasteiger partial charge in [-0.3, -0.25) is 0 Å². The number of aromatic nitrogens is 4. The molecule has 22 aromatic rings. The molecule has 0 aliphatic carbocycles. The lowest BCUT2D eigenvalue weighted by Gasteiger charge is -2.05. The molecule has 0 fully saturated rings. The number of furan rings is 2. The lowest BCUT2D eigenvalue weighted by molar-refractivity contribution is 0.671. The van der Waals surface area contributed by atoms with Crippen LogP contribution in [0.2, 0.25) is 0 Å². The second-order valence-electron chi connectivity index (χ2n) is 22.2. The van der Waals surface area contributed by atoms with E-state index in [0.29, 0.717) is 0 Å². The van der Waals surface area contributed by atoms with Crippen LogP contribution in [0.3, 0.4) is 0 Å². The van der Waals surface area contributed by atoms with Gasteiger partial charge in [0.1, 0.15) is 11.2 Å². The van der Waals surface area contributed by atoms with E-state index in [1.54, 1.807) is 0 Å². The predicted molar refractivity (Wildman–Crippen MR) is 325 cm³/mol. The van der Waals surface area contributed by atoms with Gasteiger partial charge in [-0.15, -0.1) is 0 Å². The van der Waals surface area contributed by atoms with E-state index in [4.69, 9.17) is 8.83 Å². The van der Waals surface area contributed by atoms with Gasteiger partial charge in [-0.25, -0.2) is 0 Å². The minimum Gasteiger partial charge on any atom is -0.454 e. The molecule has 78 heavy (non-hydrogen) atoms. The summed E-state index contributed by atoms with van der Waals surface area (Å²) in [5.74, 6) is 0. The van der Waals surface area contributed by atoms with Crippen molar-refractivity contribution < 1.29 is 8.83 Å². The van der Waals surface area contributed by atoms with Gasteiger partial charge in [0.25, 0.3) is 0 Å². The Morgan fingerprint density at radius 3 is 1.33 bits per heavy atom. The minimum absolute atomic E-state index is 0.889. The Morgan fingerprint density at radius 2 is 0.628 bits per heavy atom. The largest absolute Gasteiger partial charge is 0.454 e. The molecule has 0 saturated heterocycles. The maximum absolute atomic E-state index is 7.13. The Bertz CT molecular complexity index is 6550. The quantitative estimate of drug-likeness (QED) is 0.164. The van der Waals surface area contributed by atoms with E-state index in [-0.39, 0.29) is 0 Å². The Morgan fingerprint density at radius 1 is 0.205 bits per heavy atom. The molecule has 0 aliphatic heterocycles. The van der Waals surface area contributed by atoms with Crippen molar-refractivity contribution in [3.05, 3.63) is 206 Å². The summed E-state index contributed by atoms with van der Waals surface area (Å²) in [4.78, 5) is 0. The average Bonchev–Trinajstić information content (AvgIpc) is 4.55. The van der Waals surface area contributed by atoms with E-state index in [9.17, 15) is 0 Å². The van der Waals surface area contributed by atoms with Crippen LogP contribution in [0.25, 0.3) is 207 Å². The highest BCUT2D eigenvalue weighted by Crippen LogP contribution is 2.53. The first-order chi connectivity index (χ1) is 38.7. The molecule has 0 unspecified atom stereocenters. The van der Waals surface area contributed by atoms with Crippen molar-refractivity contribution in [2.24, 2.45) is 0 Å². The SMILES string of the molecule is c1ccc2c(c1)oc1c2ccc2c3cc4c(c5cccc6c7cc(-c8ccc9oc%10c(ccc%11c%12c%13c%14cccc%15c%16ccccc%16n(c%13cc%13c%16ccccc%16n(c%11%10)c%13%12)c%15%14)c9c8)ccc7n4c65)c4c5ccccc5n(c21)c34. The molecule has 0 radical (unpaired) electrons. The maximum Gasteiger partial charge on any atom is 0.160 e. The number of fused-ring (bicyclic) bond motifs is 34. The second kappa shape index (κ2) is 12.4. The standard InChI is InChI=1S/C72H34N4O2/c1-5-19-53-37(11-1)40-15-9-17-47-62-57(73(53)65(40)47)33-51-38-12-2-6-20-54(38)75-67(51)64(62)48-28-27-44-50-32-36(24-30-60(50)78-72(44)70(48)75)35-23-29-56-49(31-35)41-16-10-18-46-61-58(74(56)66(41)46)34-52-42-25-26-43-39-13-4-8-22-59(39)77-71(43)69(42)76-55-21-7-3-14-45(55)63(61)68(52)76/h1-34H. The molecule has 0 saturated carbocycles. The first-order valence-electron chi connectivity index (χ1n) is 27.0. The molecule has 0 aliphatic rings. The number of para-hydroxylation sites is 6.